The molecule has 21 heavy (non-hydrogen) atoms. The Balaban J connectivity index is 2.08. The van der Waals surface area contributed by atoms with E-state index in [1.807, 2.05) is 12.1 Å². The Morgan fingerprint density at radius 2 is 1.67 bits per heavy atom. The molecular weight excluding hydrogens is 268 g/mol. The van der Waals surface area contributed by atoms with Crippen molar-refractivity contribution in [2.45, 2.75) is 39.4 Å². The van der Waals surface area contributed by atoms with Crippen LogP contribution in [0.15, 0.2) is 45.6 Å². The lowest BCUT2D eigenvalue weighted by atomic mass is 10.0. The summed E-state index contributed by atoms with van der Waals surface area (Å²) in [5.74, 6) is 1.74. The van der Waals surface area contributed by atoms with Gasteiger partial charge in [-0.15, -0.1) is 0 Å². The molecule has 1 unspecified atom stereocenters. The van der Waals surface area contributed by atoms with E-state index in [1.54, 1.807) is 29.6 Å². The van der Waals surface area contributed by atoms with Crippen LogP contribution in [0, 0.1) is 5.92 Å². The fourth-order valence-corrected chi connectivity index (χ4v) is 2.24. The molecule has 1 amide bonds. The summed E-state index contributed by atoms with van der Waals surface area (Å²) in [6, 6.07) is 6.79. The van der Waals surface area contributed by atoms with E-state index < -0.39 is 6.04 Å². The van der Waals surface area contributed by atoms with Crippen LogP contribution >= 0.6 is 0 Å². The van der Waals surface area contributed by atoms with Crippen molar-refractivity contribution < 1.29 is 13.6 Å². The Hall–Kier alpha value is -2.01. The highest BCUT2D eigenvalue weighted by Crippen LogP contribution is 2.14. The molecule has 0 aliphatic rings. The van der Waals surface area contributed by atoms with Gasteiger partial charge in [0.15, 0.2) is 0 Å². The monoisotopic (exact) mass is 290 g/mol. The molecule has 0 spiro atoms. The Bertz CT molecular complexity index is 496. The third-order valence-electron chi connectivity index (χ3n) is 3.21. The molecule has 0 aliphatic heterocycles. The quantitative estimate of drug-likeness (QED) is 0.851. The van der Waals surface area contributed by atoms with Crippen LogP contribution in [0.5, 0.6) is 0 Å². The molecule has 2 N–H and O–H groups in total. The molecule has 0 fully saturated rings. The molecule has 0 radical (unpaired) electrons. The third kappa shape index (κ3) is 4.49. The molecule has 5 nitrogen and oxygen atoms in total. The van der Waals surface area contributed by atoms with Gasteiger partial charge in [0.25, 0.3) is 0 Å². The summed E-state index contributed by atoms with van der Waals surface area (Å²) in [5.41, 5.74) is 6.02. The van der Waals surface area contributed by atoms with Crippen molar-refractivity contribution in [2.75, 3.05) is 0 Å². The molecule has 2 aromatic rings. The minimum absolute atomic E-state index is 0.0866. The van der Waals surface area contributed by atoms with Crippen molar-refractivity contribution in [3.05, 3.63) is 48.3 Å². The second kappa shape index (κ2) is 7.13. The van der Waals surface area contributed by atoms with E-state index in [4.69, 9.17) is 14.6 Å². The second-order valence-corrected chi connectivity index (χ2v) is 5.59. The molecule has 0 saturated carbocycles. The number of nitrogens with zero attached hydrogens (tertiary/aromatic N) is 1. The number of furan rings is 2. The predicted octanol–water partition coefficient (Wildman–Crippen LogP) is 2.77. The summed E-state index contributed by atoms with van der Waals surface area (Å²) < 4.78 is 10.7. The number of hydrogen-bond acceptors (Lipinski definition) is 4. The third-order valence-corrected chi connectivity index (χ3v) is 3.21. The first kappa shape index (κ1) is 15.4. The van der Waals surface area contributed by atoms with Crippen LogP contribution in [0.1, 0.15) is 31.8 Å². The molecule has 2 rings (SSSR count). The molecule has 0 aromatic carbocycles. The van der Waals surface area contributed by atoms with Gasteiger partial charge in [0.2, 0.25) is 5.91 Å². The Labute approximate surface area is 124 Å². The van der Waals surface area contributed by atoms with Crippen LogP contribution < -0.4 is 5.73 Å². The molecule has 114 valence electrons. The topological polar surface area (TPSA) is 72.6 Å². The molecule has 2 aromatic heterocycles. The maximum absolute atomic E-state index is 12.5. The zero-order valence-corrected chi connectivity index (χ0v) is 12.5. The summed E-state index contributed by atoms with van der Waals surface area (Å²) in [5, 5.41) is 0. The first-order chi connectivity index (χ1) is 10.1. The van der Waals surface area contributed by atoms with Crippen LogP contribution in [0.2, 0.25) is 0 Å². The van der Waals surface area contributed by atoms with Gasteiger partial charge in [-0.3, -0.25) is 4.79 Å². The van der Waals surface area contributed by atoms with E-state index in [2.05, 4.69) is 13.8 Å². The smallest absolute Gasteiger partial charge is 0.240 e. The van der Waals surface area contributed by atoms with Crippen LogP contribution in [0.4, 0.5) is 0 Å². The van der Waals surface area contributed by atoms with Crippen molar-refractivity contribution in [1.29, 1.82) is 0 Å². The van der Waals surface area contributed by atoms with E-state index in [1.165, 1.54) is 0 Å². The van der Waals surface area contributed by atoms with Gasteiger partial charge in [-0.1, -0.05) is 13.8 Å². The van der Waals surface area contributed by atoms with E-state index in [0.717, 1.165) is 11.5 Å². The van der Waals surface area contributed by atoms with E-state index in [-0.39, 0.29) is 5.91 Å². The average molecular weight is 290 g/mol. The van der Waals surface area contributed by atoms with Crippen molar-refractivity contribution in [2.24, 2.45) is 11.7 Å². The van der Waals surface area contributed by atoms with Crippen molar-refractivity contribution in [3.8, 4) is 0 Å². The van der Waals surface area contributed by atoms with Gasteiger partial charge in [-0.05, 0) is 36.6 Å². The van der Waals surface area contributed by atoms with Crippen molar-refractivity contribution in [3.63, 3.8) is 0 Å². The minimum atomic E-state index is -0.505. The highest BCUT2D eigenvalue weighted by Gasteiger charge is 2.23. The Kier molecular flexibility index (Phi) is 5.22. The molecule has 0 bridgehead atoms. The molecule has 2 heterocycles. The molecule has 0 saturated heterocycles. The number of carbonyl (C=O) groups is 1. The summed E-state index contributed by atoms with van der Waals surface area (Å²) in [6.07, 6.45) is 3.85. The molecule has 5 heteroatoms. The minimum Gasteiger partial charge on any atom is -0.467 e. The van der Waals surface area contributed by atoms with Gasteiger partial charge >= 0.3 is 0 Å². The van der Waals surface area contributed by atoms with Crippen molar-refractivity contribution >= 4 is 5.91 Å². The van der Waals surface area contributed by atoms with Gasteiger partial charge in [0.1, 0.15) is 11.5 Å². The van der Waals surface area contributed by atoms with Crippen LogP contribution in [0.3, 0.4) is 0 Å². The fraction of sp³-hybridized carbons (Fsp3) is 0.438. The maximum Gasteiger partial charge on any atom is 0.240 e. The lowest BCUT2D eigenvalue weighted by Crippen LogP contribution is -2.43. The fourth-order valence-electron chi connectivity index (χ4n) is 2.24. The highest BCUT2D eigenvalue weighted by molar-refractivity contribution is 5.81. The van der Waals surface area contributed by atoms with Gasteiger partial charge in [0.05, 0.1) is 31.7 Å². The Morgan fingerprint density at radius 1 is 1.14 bits per heavy atom. The molecular formula is C16H22N2O3. The predicted molar refractivity (Wildman–Crippen MR) is 79.1 cm³/mol. The number of rotatable bonds is 7. The standard InChI is InChI=1S/C16H22N2O3/c1-12(2)9-15(17)16(19)18(10-13-5-3-7-20-13)11-14-6-4-8-21-14/h3-8,12,15H,9-11,17H2,1-2H3. The van der Waals surface area contributed by atoms with Crippen LogP contribution in [-0.2, 0) is 17.9 Å². The molecule has 1 atom stereocenters. The Morgan fingerprint density at radius 3 is 2.05 bits per heavy atom. The van der Waals surface area contributed by atoms with Gasteiger partial charge < -0.3 is 19.5 Å². The lowest BCUT2D eigenvalue weighted by Gasteiger charge is -2.25. The van der Waals surface area contributed by atoms with E-state index in [0.29, 0.717) is 25.4 Å². The van der Waals surface area contributed by atoms with Gasteiger partial charge in [0, 0.05) is 0 Å². The number of hydrogen-bond donors (Lipinski definition) is 1. The summed E-state index contributed by atoms with van der Waals surface area (Å²) in [6.45, 7) is 4.88. The van der Waals surface area contributed by atoms with Gasteiger partial charge in [-0.2, -0.15) is 0 Å². The lowest BCUT2D eigenvalue weighted by molar-refractivity contribution is -0.134. The summed E-state index contributed by atoms with van der Waals surface area (Å²) in [4.78, 5) is 14.2. The number of carbonyl (C=O) groups excluding carboxylic acids is 1. The average Bonchev–Trinajstić information content (AvgIpc) is 3.09. The summed E-state index contributed by atoms with van der Waals surface area (Å²) >= 11 is 0. The first-order valence-electron chi connectivity index (χ1n) is 7.15. The number of nitrogens with two attached hydrogens (primary N) is 1. The number of amides is 1. The normalized spacial score (nSPS) is 12.6. The van der Waals surface area contributed by atoms with Crippen LogP contribution in [0.25, 0.3) is 0 Å². The highest BCUT2D eigenvalue weighted by atomic mass is 16.3. The molecule has 0 aliphatic carbocycles. The van der Waals surface area contributed by atoms with Crippen molar-refractivity contribution in [1.82, 2.24) is 4.90 Å². The van der Waals surface area contributed by atoms with Crippen LogP contribution in [-0.4, -0.2) is 16.8 Å². The van der Waals surface area contributed by atoms with Gasteiger partial charge in [-0.25, -0.2) is 0 Å². The first-order valence-corrected chi connectivity index (χ1v) is 7.15. The largest absolute Gasteiger partial charge is 0.467 e. The SMILES string of the molecule is CC(C)CC(N)C(=O)N(Cc1ccco1)Cc1ccco1. The van der Waals surface area contributed by atoms with E-state index >= 15 is 0 Å². The zero-order valence-electron chi connectivity index (χ0n) is 12.5. The van der Waals surface area contributed by atoms with E-state index in [9.17, 15) is 4.79 Å². The second-order valence-electron chi connectivity index (χ2n) is 5.59. The zero-order chi connectivity index (χ0) is 15.2. The maximum atomic E-state index is 12.5. The summed E-state index contributed by atoms with van der Waals surface area (Å²) in [7, 11) is 0.